The van der Waals surface area contributed by atoms with Crippen molar-refractivity contribution in [3.05, 3.63) is 0 Å². The average Bonchev–Trinajstić information content (AvgIpc) is 2.32. The van der Waals surface area contributed by atoms with E-state index < -0.39 is 0 Å². The third-order valence-electron chi connectivity index (χ3n) is 3.32. The zero-order chi connectivity index (χ0) is 12.4. The van der Waals surface area contributed by atoms with Crippen LogP contribution < -0.4 is 5.32 Å². The fraction of sp³-hybridized carbons (Fsp3) is 1.00. The highest BCUT2D eigenvalue weighted by Gasteiger charge is 2.23. The van der Waals surface area contributed by atoms with E-state index in [1.807, 2.05) is 0 Å². The van der Waals surface area contributed by atoms with Gasteiger partial charge in [-0.15, -0.1) is 0 Å². The summed E-state index contributed by atoms with van der Waals surface area (Å²) in [6, 6.07) is 0. The van der Waals surface area contributed by atoms with E-state index in [0.717, 1.165) is 39.3 Å². The summed E-state index contributed by atoms with van der Waals surface area (Å²) in [6.45, 7) is 15.3. The molecule has 0 aliphatic carbocycles. The summed E-state index contributed by atoms with van der Waals surface area (Å²) in [5.41, 5.74) is 0.375. The zero-order valence-corrected chi connectivity index (χ0v) is 11.8. The number of nitrogens with one attached hydrogen (secondary N) is 1. The van der Waals surface area contributed by atoms with E-state index >= 15 is 0 Å². The van der Waals surface area contributed by atoms with Gasteiger partial charge in [0, 0.05) is 26.7 Å². The molecule has 0 aromatic rings. The molecule has 0 spiro atoms. The lowest BCUT2D eigenvalue weighted by Gasteiger charge is -2.34. The van der Waals surface area contributed by atoms with Gasteiger partial charge in [0.25, 0.3) is 0 Å². The maximum Gasteiger partial charge on any atom is 0.0589 e. The molecule has 0 amide bonds. The number of likely N-dealkylation sites (N-methyl/N-ethyl adjacent to an activating group) is 1. The van der Waals surface area contributed by atoms with Crippen molar-refractivity contribution in [1.82, 2.24) is 10.2 Å². The molecule has 0 fully saturated rings. The molecule has 1 unspecified atom stereocenters. The van der Waals surface area contributed by atoms with Crippen molar-refractivity contribution in [1.29, 1.82) is 0 Å². The van der Waals surface area contributed by atoms with Crippen LogP contribution in [-0.2, 0) is 4.74 Å². The molecule has 1 atom stereocenters. The third kappa shape index (κ3) is 6.46. The number of ether oxygens (including phenoxy) is 1. The number of rotatable bonds is 10. The highest BCUT2D eigenvalue weighted by molar-refractivity contribution is 4.79. The fourth-order valence-electron chi connectivity index (χ4n) is 1.83. The van der Waals surface area contributed by atoms with E-state index in [-0.39, 0.29) is 0 Å². The summed E-state index contributed by atoms with van der Waals surface area (Å²) in [4.78, 5) is 2.48. The Balaban J connectivity index is 4.12. The summed E-state index contributed by atoms with van der Waals surface area (Å²) in [5.74, 6) is 0. The van der Waals surface area contributed by atoms with Gasteiger partial charge in [-0.3, -0.25) is 0 Å². The van der Waals surface area contributed by atoms with E-state index in [1.54, 1.807) is 7.11 Å². The van der Waals surface area contributed by atoms with Gasteiger partial charge in [-0.25, -0.2) is 0 Å². The molecule has 0 heterocycles. The van der Waals surface area contributed by atoms with Gasteiger partial charge < -0.3 is 15.0 Å². The minimum Gasteiger partial charge on any atom is -0.383 e. The maximum atomic E-state index is 5.15. The number of nitrogens with zero attached hydrogens (tertiary/aromatic N) is 1. The Bertz CT molecular complexity index is 164. The number of hydrogen-bond donors (Lipinski definition) is 1. The smallest absolute Gasteiger partial charge is 0.0589 e. The Labute approximate surface area is 102 Å². The molecule has 0 saturated heterocycles. The second-order valence-corrected chi connectivity index (χ2v) is 4.81. The van der Waals surface area contributed by atoms with Gasteiger partial charge in [0.2, 0.25) is 0 Å². The van der Waals surface area contributed by atoms with Crippen LogP contribution in [0.4, 0.5) is 0 Å². The predicted molar refractivity (Wildman–Crippen MR) is 70.9 cm³/mol. The second kappa shape index (κ2) is 8.97. The molecule has 0 radical (unpaired) electrons. The normalized spacial score (nSPS) is 15.4. The van der Waals surface area contributed by atoms with Crippen molar-refractivity contribution in [2.75, 3.05) is 46.4 Å². The van der Waals surface area contributed by atoms with Gasteiger partial charge in [-0.1, -0.05) is 27.7 Å². The molecule has 0 aromatic carbocycles. The lowest BCUT2D eigenvalue weighted by molar-refractivity contribution is 0.113. The van der Waals surface area contributed by atoms with Crippen molar-refractivity contribution < 1.29 is 4.74 Å². The Kier molecular flexibility index (Phi) is 8.90. The van der Waals surface area contributed by atoms with E-state index in [1.165, 1.54) is 6.42 Å². The molecule has 0 aliphatic heterocycles. The van der Waals surface area contributed by atoms with Crippen LogP contribution >= 0.6 is 0 Å². The van der Waals surface area contributed by atoms with E-state index in [2.05, 4.69) is 37.9 Å². The van der Waals surface area contributed by atoms with E-state index in [4.69, 9.17) is 4.74 Å². The van der Waals surface area contributed by atoms with Gasteiger partial charge in [-0.2, -0.15) is 0 Å². The summed E-state index contributed by atoms with van der Waals surface area (Å²) >= 11 is 0. The number of hydrogen-bond acceptors (Lipinski definition) is 3. The Hall–Kier alpha value is -0.120. The molecule has 16 heavy (non-hydrogen) atoms. The van der Waals surface area contributed by atoms with E-state index in [9.17, 15) is 0 Å². The Morgan fingerprint density at radius 3 is 2.38 bits per heavy atom. The van der Waals surface area contributed by atoms with Crippen molar-refractivity contribution in [2.24, 2.45) is 5.41 Å². The highest BCUT2D eigenvalue weighted by Crippen LogP contribution is 2.21. The Morgan fingerprint density at radius 1 is 1.25 bits per heavy atom. The standard InChI is InChI=1S/C13H30N2O/c1-6-13(4,11-14-7-2)12-15(8-3)9-10-16-5/h14H,6-12H2,1-5H3. The second-order valence-electron chi connectivity index (χ2n) is 4.81. The van der Waals surface area contributed by atoms with Crippen LogP contribution in [0.1, 0.15) is 34.1 Å². The Morgan fingerprint density at radius 2 is 1.94 bits per heavy atom. The first-order chi connectivity index (χ1) is 7.61. The highest BCUT2D eigenvalue weighted by atomic mass is 16.5. The lowest BCUT2D eigenvalue weighted by Crippen LogP contribution is -2.43. The van der Waals surface area contributed by atoms with Crippen LogP contribution in [0.25, 0.3) is 0 Å². The summed E-state index contributed by atoms with van der Waals surface area (Å²) in [5, 5.41) is 3.47. The fourth-order valence-corrected chi connectivity index (χ4v) is 1.83. The van der Waals surface area contributed by atoms with Crippen LogP contribution in [0.3, 0.4) is 0 Å². The molecule has 0 bridgehead atoms. The lowest BCUT2D eigenvalue weighted by atomic mass is 9.86. The molecule has 0 aromatic heterocycles. The van der Waals surface area contributed by atoms with Gasteiger partial charge >= 0.3 is 0 Å². The largest absolute Gasteiger partial charge is 0.383 e. The summed E-state index contributed by atoms with van der Waals surface area (Å²) in [6.07, 6.45) is 1.21. The minimum atomic E-state index is 0.375. The molecule has 0 rings (SSSR count). The zero-order valence-electron chi connectivity index (χ0n) is 11.8. The topological polar surface area (TPSA) is 24.5 Å². The van der Waals surface area contributed by atoms with Crippen molar-refractivity contribution in [3.63, 3.8) is 0 Å². The first-order valence-corrected chi connectivity index (χ1v) is 6.53. The predicted octanol–water partition coefficient (Wildman–Crippen LogP) is 1.98. The molecule has 0 aliphatic rings. The minimum absolute atomic E-state index is 0.375. The van der Waals surface area contributed by atoms with Gasteiger partial charge in [0.15, 0.2) is 0 Å². The average molecular weight is 230 g/mol. The van der Waals surface area contributed by atoms with Crippen LogP contribution in [0.15, 0.2) is 0 Å². The molecular formula is C13H30N2O. The monoisotopic (exact) mass is 230 g/mol. The first kappa shape index (κ1) is 15.9. The van der Waals surface area contributed by atoms with Crippen LogP contribution in [0, 0.1) is 5.41 Å². The van der Waals surface area contributed by atoms with Gasteiger partial charge in [0.1, 0.15) is 0 Å². The molecule has 3 nitrogen and oxygen atoms in total. The van der Waals surface area contributed by atoms with Crippen molar-refractivity contribution in [2.45, 2.75) is 34.1 Å². The van der Waals surface area contributed by atoms with Gasteiger partial charge in [0.05, 0.1) is 6.61 Å². The summed E-state index contributed by atoms with van der Waals surface area (Å²) < 4.78 is 5.15. The quantitative estimate of drug-likeness (QED) is 0.621. The maximum absolute atomic E-state index is 5.15. The van der Waals surface area contributed by atoms with Gasteiger partial charge in [-0.05, 0) is 24.9 Å². The molecule has 3 heteroatoms. The first-order valence-electron chi connectivity index (χ1n) is 6.53. The van der Waals surface area contributed by atoms with Crippen LogP contribution in [-0.4, -0.2) is 51.3 Å². The molecule has 98 valence electrons. The van der Waals surface area contributed by atoms with Crippen LogP contribution in [0.2, 0.25) is 0 Å². The molecule has 1 N–H and O–H groups in total. The SMILES string of the molecule is CCNCC(C)(CC)CN(CC)CCOC. The number of methoxy groups -OCH3 is 1. The van der Waals surface area contributed by atoms with Crippen molar-refractivity contribution in [3.8, 4) is 0 Å². The summed E-state index contributed by atoms with van der Waals surface area (Å²) in [7, 11) is 1.77. The molecule has 0 saturated carbocycles. The van der Waals surface area contributed by atoms with E-state index in [0.29, 0.717) is 5.41 Å². The molecular weight excluding hydrogens is 200 g/mol. The third-order valence-corrected chi connectivity index (χ3v) is 3.32. The van der Waals surface area contributed by atoms with Crippen molar-refractivity contribution >= 4 is 0 Å². The van der Waals surface area contributed by atoms with Crippen LogP contribution in [0.5, 0.6) is 0 Å².